The number of hydrogen-bond acceptors (Lipinski definition) is 4. The number of amides is 2. The van der Waals surface area contributed by atoms with Crippen LogP contribution < -0.4 is 10.2 Å². The van der Waals surface area contributed by atoms with Crippen LogP contribution in [0.25, 0.3) is 0 Å². The summed E-state index contributed by atoms with van der Waals surface area (Å²) in [5.74, 6) is -0.255. The monoisotopic (exact) mass is 415 g/mol. The fraction of sp³-hybridized carbons (Fsp3) is 0.333. The van der Waals surface area contributed by atoms with Crippen LogP contribution in [0, 0.1) is 0 Å². The molecule has 0 aromatic heterocycles. The Morgan fingerprint density at radius 3 is 2.38 bits per heavy atom. The van der Waals surface area contributed by atoms with E-state index in [1.54, 1.807) is 55.1 Å². The van der Waals surface area contributed by atoms with Gasteiger partial charge in [0.2, 0.25) is 15.9 Å². The summed E-state index contributed by atoms with van der Waals surface area (Å²) in [6.45, 7) is 5.01. The lowest BCUT2D eigenvalue weighted by Gasteiger charge is -2.19. The van der Waals surface area contributed by atoms with Crippen molar-refractivity contribution in [3.63, 3.8) is 0 Å². The number of rotatable bonds is 7. The van der Waals surface area contributed by atoms with E-state index in [4.69, 9.17) is 0 Å². The summed E-state index contributed by atoms with van der Waals surface area (Å²) >= 11 is 0. The molecule has 1 aliphatic rings. The maximum atomic E-state index is 12.7. The Morgan fingerprint density at radius 2 is 1.79 bits per heavy atom. The molecule has 29 heavy (non-hydrogen) atoms. The van der Waals surface area contributed by atoms with E-state index in [0.29, 0.717) is 37.3 Å². The molecule has 8 heteroatoms. The molecular weight excluding hydrogens is 390 g/mol. The lowest BCUT2D eigenvalue weighted by Crippen LogP contribution is -2.30. The lowest BCUT2D eigenvalue weighted by atomic mass is 10.1. The molecule has 1 aliphatic heterocycles. The lowest BCUT2D eigenvalue weighted by molar-refractivity contribution is -0.117. The first-order valence-electron chi connectivity index (χ1n) is 9.68. The second-order valence-electron chi connectivity index (χ2n) is 6.77. The van der Waals surface area contributed by atoms with Crippen molar-refractivity contribution in [2.45, 2.75) is 31.6 Å². The zero-order valence-electron chi connectivity index (χ0n) is 16.6. The highest BCUT2D eigenvalue weighted by Crippen LogP contribution is 2.23. The van der Waals surface area contributed by atoms with E-state index in [0.717, 1.165) is 12.1 Å². The molecule has 0 saturated carbocycles. The van der Waals surface area contributed by atoms with Crippen molar-refractivity contribution in [1.82, 2.24) is 4.31 Å². The SMILES string of the molecule is CCN(CC)S(=O)(=O)c1cccc(NC(=O)c2ccc(N3CCCC3=O)cc2)c1. The Balaban J connectivity index is 1.75. The number of anilines is 2. The highest BCUT2D eigenvalue weighted by atomic mass is 32.2. The average molecular weight is 416 g/mol. The summed E-state index contributed by atoms with van der Waals surface area (Å²) in [6, 6.07) is 13.1. The molecule has 0 radical (unpaired) electrons. The molecule has 2 aromatic carbocycles. The first-order chi connectivity index (χ1) is 13.9. The number of benzene rings is 2. The summed E-state index contributed by atoms with van der Waals surface area (Å²) in [7, 11) is -3.60. The van der Waals surface area contributed by atoms with Gasteiger partial charge in [-0.2, -0.15) is 4.31 Å². The quantitative estimate of drug-likeness (QED) is 0.753. The van der Waals surface area contributed by atoms with Crippen molar-refractivity contribution in [1.29, 1.82) is 0 Å². The van der Waals surface area contributed by atoms with Gasteiger partial charge in [0.25, 0.3) is 5.91 Å². The topological polar surface area (TPSA) is 86.8 Å². The summed E-state index contributed by atoms with van der Waals surface area (Å²) < 4.78 is 26.7. The Hall–Kier alpha value is -2.71. The van der Waals surface area contributed by atoms with Crippen LogP contribution in [0.4, 0.5) is 11.4 Å². The molecule has 3 rings (SSSR count). The Morgan fingerprint density at radius 1 is 1.10 bits per heavy atom. The first kappa shape index (κ1) is 21.0. The third kappa shape index (κ3) is 4.49. The molecule has 1 heterocycles. The fourth-order valence-electron chi connectivity index (χ4n) is 3.36. The van der Waals surface area contributed by atoms with Gasteiger partial charge in [-0.1, -0.05) is 19.9 Å². The second kappa shape index (κ2) is 8.75. The molecule has 0 atom stereocenters. The molecule has 1 fully saturated rings. The number of carbonyl (C=O) groups excluding carboxylic acids is 2. The van der Waals surface area contributed by atoms with Gasteiger partial charge in [0.15, 0.2) is 0 Å². The van der Waals surface area contributed by atoms with Crippen LogP contribution in [0.1, 0.15) is 37.0 Å². The van der Waals surface area contributed by atoms with E-state index in [1.807, 2.05) is 0 Å². The number of nitrogens with one attached hydrogen (secondary N) is 1. The molecule has 0 spiro atoms. The Kier molecular flexibility index (Phi) is 6.34. The Labute approximate surface area is 171 Å². The molecular formula is C21H25N3O4S. The first-order valence-corrected chi connectivity index (χ1v) is 11.1. The van der Waals surface area contributed by atoms with Gasteiger partial charge in [-0.25, -0.2) is 8.42 Å². The molecule has 2 aromatic rings. The summed E-state index contributed by atoms with van der Waals surface area (Å²) in [4.78, 5) is 26.3. The number of nitrogens with zero attached hydrogens (tertiary/aromatic N) is 2. The highest BCUT2D eigenvalue weighted by molar-refractivity contribution is 7.89. The standard InChI is InChI=1S/C21H25N3O4S/c1-3-23(4-2)29(27,28)19-8-5-7-17(15-19)22-21(26)16-10-12-18(13-11-16)24-14-6-9-20(24)25/h5,7-8,10-13,15H,3-4,6,9,14H2,1-2H3,(H,22,26). The summed E-state index contributed by atoms with van der Waals surface area (Å²) in [6.07, 6.45) is 1.39. The van der Waals surface area contributed by atoms with E-state index in [1.165, 1.54) is 16.4 Å². The van der Waals surface area contributed by atoms with Crippen LogP contribution >= 0.6 is 0 Å². The molecule has 1 N–H and O–H groups in total. The number of sulfonamides is 1. The van der Waals surface area contributed by atoms with Gasteiger partial charge in [-0.05, 0) is 48.9 Å². The van der Waals surface area contributed by atoms with Crippen LogP contribution in [0.3, 0.4) is 0 Å². The minimum atomic E-state index is -3.60. The fourth-order valence-corrected chi connectivity index (χ4v) is 4.87. The van der Waals surface area contributed by atoms with Gasteiger partial charge in [0.1, 0.15) is 0 Å². The van der Waals surface area contributed by atoms with E-state index in [9.17, 15) is 18.0 Å². The highest BCUT2D eigenvalue weighted by Gasteiger charge is 2.23. The van der Waals surface area contributed by atoms with Gasteiger partial charge in [-0.15, -0.1) is 0 Å². The minimum Gasteiger partial charge on any atom is -0.322 e. The van der Waals surface area contributed by atoms with Gasteiger partial charge in [0, 0.05) is 43.0 Å². The molecule has 2 amide bonds. The van der Waals surface area contributed by atoms with Crippen molar-refractivity contribution in [3.05, 3.63) is 54.1 Å². The normalized spacial score (nSPS) is 14.4. The van der Waals surface area contributed by atoms with E-state index in [-0.39, 0.29) is 16.7 Å². The van der Waals surface area contributed by atoms with E-state index in [2.05, 4.69) is 5.32 Å². The van der Waals surface area contributed by atoms with Crippen LogP contribution in [-0.4, -0.2) is 44.2 Å². The van der Waals surface area contributed by atoms with Gasteiger partial charge in [-0.3, -0.25) is 9.59 Å². The van der Waals surface area contributed by atoms with Crippen LogP contribution in [0.15, 0.2) is 53.4 Å². The summed E-state index contributed by atoms with van der Waals surface area (Å²) in [5.41, 5.74) is 1.61. The number of carbonyl (C=O) groups is 2. The predicted molar refractivity (Wildman–Crippen MR) is 113 cm³/mol. The summed E-state index contributed by atoms with van der Waals surface area (Å²) in [5, 5.41) is 2.74. The maximum absolute atomic E-state index is 12.7. The molecule has 154 valence electrons. The zero-order chi connectivity index (χ0) is 21.0. The van der Waals surface area contributed by atoms with Crippen molar-refractivity contribution >= 4 is 33.2 Å². The third-order valence-electron chi connectivity index (χ3n) is 4.95. The molecule has 1 saturated heterocycles. The van der Waals surface area contributed by atoms with Crippen LogP contribution in [-0.2, 0) is 14.8 Å². The van der Waals surface area contributed by atoms with Crippen LogP contribution in [0.2, 0.25) is 0 Å². The zero-order valence-corrected chi connectivity index (χ0v) is 17.4. The smallest absolute Gasteiger partial charge is 0.255 e. The minimum absolute atomic E-state index is 0.0911. The van der Waals surface area contributed by atoms with Gasteiger partial charge >= 0.3 is 0 Å². The largest absolute Gasteiger partial charge is 0.322 e. The Bertz CT molecular complexity index is 999. The van der Waals surface area contributed by atoms with E-state index < -0.39 is 10.0 Å². The van der Waals surface area contributed by atoms with Gasteiger partial charge in [0.05, 0.1) is 4.90 Å². The molecule has 7 nitrogen and oxygen atoms in total. The number of hydrogen-bond donors (Lipinski definition) is 1. The van der Waals surface area contributed by atoms with Gasteiger partial charge < -0.3 is 10.2 Å². The van der Waals surface area contributed by atoms with Crippen molar-refractivity contribution in [3.8, 4) is 0 Å². The van der Waals surface area contributed by atoms with E-state index >= 15 is 0 Å². The average Bonchev–Trinajstić information content (AvgIpc) is 3.15. The van der Waals surface area contributed by atoms with Crippen molar-refractivity contribution in [2.24, 2.45) is 0 Å². The van der Waals surface area contributed by atoms with Crippen molar-refractivity contribution in [2.75, 3.05) is 29.9 Å². The maximum Gasteiger partial charge on any atom is 0.255 e. The second-order valence-corrected chi connectivity index (χ2v) is 8.71. The van der Waals surface area contributed by atoms with Crippen LogP contribution in [0.5, 0.6) is 0 Å². The van der Waals surface area contributed by atoms with Crippen molar-refractivity contribution < 1.29 is 18.0 Å². The molecule has 0 unspecified atom stereocenters. The third-order valence-corrected chi connectivity index (χ3v) is 7.00. The molecule has 0 bridgehead atoms. The molecule has 0 aliphatic carbocycles. The predicted octanol–water partition coefficient (Wildman–Crippen LogP) is 3.10.